The van der Waals surface area contributed by atoms with Crippen LogP contribution in [0.15, 0.2) is 59.8 Å². The van der Waals surface area contributed by atoms with Crippen molar-refractivity contribution in [2.24, 2.45) is 7.05 Å². The number of halogens is 1. The van der Waals surface area contributed by atoms with Gasteiger partial charge in [0.1, 0.15) is 23.4 Å². The van der Waals surface area contributed by atoms with Crippen LogP contribution in [0.3, 0.4) is 0 Å². The Morgan fingerprint density at radius 1 is 1.13 bits per heavy atom. The fraction of sp³-hybridized carbons (Fsp3) is 0.182. The summed E-state index contributed by atoms with van der Waals surface area (Å²) in [4.78, 5) is 26.8. The van der Waals surface area contributed by atoms with Gasteiger partial charge in [-0.2, -0.15) is 4.98 Å². The van der Waals surface area contributed by atoms with Gasteiger partial charge in [-0.05, 0) is 30.3 Å². The van der Waals surface area contributed by atoms with Crippen molar-refractivity contribution in [3.05, 3.63) is 76.9 Å². The van der Waals surface area contributed by atoms with Gasteiger partial charge in [0.25, 0.3) is 0 Å². The number of imidazole rings is 2. The van der Waals surface area contributed by atoms with Gasteiger partial charge >= 0.3 is 5.69 Å². The molecule has 1 unspecified atom stereocenters. The van der Waals surface area contributed by atoms with E-state index >= 15 is 0 Å². The molecule has 5 aromatic rings. The molecule has 4 heterocycles. The third-order valence-corrected chi connectivity index (χ3v) is 5.78. The first-order valence-corrected chi connectivity index (χ1v) is 9.90. The maximum atomic E-state index is 14.0. The first-order chi connectivity index (χ1) is 15.1. The average Bonchev–Trinajstić information content (AvgIpc) is 3.32. The van der Waals surface area contributed by atoms with E-state index in [-0.39, 0.29) is 11.5 Å². The molecule has 0 aliphatic carbocycles. The molecule has 1 atom stereocenters. The Morgan fingerprint density at radius 3 is 2.90 bits per heavy atom. The van der Waals surface area contributed by atoms with Crippen LogP contribution in [-0.2, 0) is 7.05 Å². The van der Waals surface area contributed by atoms with Crippen LogP contribution in [0.5, 0.6) is 5.75 Å². The Bertz CT molecular complexity index is 1530. The van der Waals surface area contributed by atoms with Crippen molar-refractivity contribution in [1.82, 2.24) is 28.7 Å². The second kappa shape index (κ2) is 6.49. The van der Waals surface area contributed by atoms with Gasteiger partial charge in [-0.1, -0.05) is 12.1 Å². The van der Waals surface area contributed by atoms with Crippen molar-refractivity contribution < 1.29 is 9.13 Å². The molecule has 0 saturated carbocycles. The zero-order valence-corrected chi connectivity index (χ0v) is 16.6. The van der Waals surface area contributed by atoms with E-state index in [1.54, 1.807) is 34.8 Å². The highest BCUT2D eigenvalue weighted by Gasteiger charge is 2.28. The predicted molar refractivity (Wildman–Crippen MR) is 112 cm³/mol. The highest BCUT2D eigenvalue weighted by Crippen LogP contribution is 2.36. The Kier molecular flexibility index (Phi) is 3.73. The zero-order valence-electron chi connectivity index (χ0n) is 16.6. The van der Waals surface area contributed by atoms with Gasteiger partial charge in [-0.3, -0.25) is 13.7 Å². The van der Waals surface area contributed by atoms with Crippen molar-refractivity contribution in [2.45, 2.75) is 12.5 Å². The lowest BCUT2D eigenvalue weighted by molar-refractivity contribution is 0.255. The zero-order chi connectivity index (χ0) is 21.1. The second-order valence-corrected chi connectivity index (χ2v) is 7.53. The minimum absolute atomic E-state index is 0.237. The average molecular weight is 416 g/mol. The number of aromatic nitrogens is 6. The minimum atomic E-state index is -0.391. The molecule has 154 valence electrons. The predicted octanol–water partition coefficient (Wildman–Crippen LogP) is 2.98. The monoisotopic (exact) mass is 416 g/mol. The molecule has 0 fully saturated rings. The smallest absolute Gasteiger partial charge is 0.330 e. The first kappa shape index (κ1) is 17.8. The van der Waals surface area contributed by atoms with Gasteiger partial charge in [0.05, 0.1) is 29.9 Å². The lowest BCUT2D eigenvalue weighted by atomic mass is 10.00. The normalized spacial score (nSPS) is 15.9. The van der Waals surface area contributed by atoms with Gasteiger partial charge in [-0.15, -0.1) is 0 Å². The fourth-order valence-electron chi connectivity index (χ4n) is 4.26. The number of fused-ring (bicyclic) bond motifs is 3. The van der Waals surface area contributed by atoms with E-state index in [2.05, 4.69) is 9.97 Å². The number of para-hydroxylation sites is 2. The van der Waals surface area contributed by atoms with E-state index in [1.807, 2.05) is 24.3 Å². The first-order valence-electron chi connectivity index (χ1n) is 9.90. The van der Waals surface area contributed by atoms with Gasteiger partial charge in [-0.25, -0.2) is 19.2 Å². The van der Waals surface area contributed by atoms with Crippen molar-refractivity contribution >= 4 is 22.2 Å². The molecule has 2 aromatic carbocycles. The number of benzene rings is 2. The maximum absolute atomic E-state index is 14.0. The molecule has 6 rings (SSSR count). The summed E-state index contributed by atoms with van der Waals surface area (Å²) in [5.74, 6) is 0.617. The summed E-state index contributed by atoms with van der Waals surface area (Å²) < 4.78 is 24.6. The Balaban J connectivity index is 1.60. The summed E-state index contributed by atoms with van der Waals surface area (Å²) in [5.41, 5.74) is 3.17. The topological polar surface area (TPSA) is 79.8 Å². The van der Waals surface area contributed by atoms with Crippen LogP contribution in [0, 0.1) is 5.82 Å². The standard InChI is InChI=1S/C22H17FN6O2/c1-27-18-11-24-21(28-12-25-15-4-2-3-5-17(15)28)26-20(18)29(22(27)30)16-8-9-31-19-7-6-13(23)10-14(16)19/h2-7,10-12,16H,8-9H2,1H3. The van der Waals surface area contributed by atoms with E-state index in [1.165, 1.54) is 16.7 Å². The molecule has 3 aromatic heterocycles. The van der Waals surface area contributed by atoms with Crippen molar-refractivity contribution in [3.63, 3.8) is 0 Å². The Morgan fingerprint density at radius 2 is 2.00 bits per heavy atom. The van der Waals surface area contributed by atoms with Gasteiger partial charge in [0.2, 0.25) is 5.95 Å². The molecular formula is C22H17FN6O2. The molecule has 1 aliphatic rings. The largest absolute Gasteiger partial charge is 0.493 e. The number of hydrogen-bond donors (Lipinski definition) is 0. The van der Waals surface area contributed by atoms with E-state index < -0.39 is 6.04 Å². The molecule has 0 bridgehead atoms. The number of nitrogens with zero attached hydrogens (tertiary/aromatic N) is 6. The van der Waals surface area contributed by atoms with Crippen LogP contribution < -0.4 is 10.4 Å². The lowest BCUT2D eigenvalue weighted by Gasteiger charge is -2.26. The molecular weight excluding hydrogens is 399 g/mol. The van der Waals surface area contributed by atoms with Gasteiger partial charge in [0.15, 0.2) is 5.65 Å². The summed E-state index contributed by atoms with van der Waals surface area (Å²) >= 11 is 0. The van der Waals surface area contributed by atoms with Crippen molar-refractivity contribution in [1.29, 1.82) is 0 Å². The fourth-order valence-corrected chi connectivity index (χ4v) is 4.26. The minimum Gasteiger partial charge on any atom is -0.493 e. The van der Waals surface area contributed by atoms with Crippen LogP contribution in [0.1, 0.15) is 18.0 Å². The molecule has 0 amide bonds. The van der Waals surface area contributed by atoms with Crippen molar-refractivity contribution in [3.8, 4) is 11.7 Å². The molecule has 0 N–H and O–H groups in total. The third-order valence-electron chi connectivity index (χ3n) is 5.78. The quantitative estimate of drug-likeness (QED) is 0.442. The molecule has 8 nitrogen and oxygen atoms in total. The molecule has 1 aliphatic heterocycles. The van der Waals surface area contributed by atoms with Crippen LogP contribution in [-0.4, -0.2) is 35.3 Å². The van der Waals surface area contributed by atoms with E-state index in [0.29, 0.717) is 41.5 Å². The second-order valence-electron chi connectivity index (χ2n) is 7.53. The van der Waals surface area contributed by atoms with Crippen LogP contribution >= 0.6 is 0 Å². The summed E-state index contributed by atoms with van der Waals surface area (Å²) in [6.07, 6.45) is 3.83. The summed E-state index contributed by atoms with van der Waals surface area (Å²) in [5, 5.41) is 0. The third kappa shape index (κ3) is 2.59. The maximum Gasteiger partial charge on any atom is 0.330 e. The van der Waals surface area contributed by atoms with Crippen LogP contribution in [0.2, 0.25) is 0 Å². The van der Waals surface area contributed by atoms with Gasteiger partial charge in [0, 0.05) is 19.0 Å². The van der Waals surface area contributed by atoms with E-state index in [0.717, 1.165) is 11.0 Å². The summed E-state index contributed by atoms with van der Waals surface area (Å²) in [7, 11) is 1.68. The Labute approximate surface area is 175 Å². The molecule has 0 radical (unpaired) electrons. The molecule has 0 spiro atoms. The van der Waals surface area contributed by atoms with Crippen LogP contribution in [0.25, 0.3) is 28.1 Å². The molecule has 9 heteroatoms. The van der Waals surface area contributed by atoms with Gasteiger partial charge < -0.3 is 4.74 Å². The number of hydrogen-bond acceptors (Lipinski definition) is 5. The Hall–Kier alpha value is -4.01. The number of aryl methyl sites for hydroxylation is 1. The highest BCUT2D eigenvalue weighted by atomic mass is 19.1. The van der Waals surface area contributed by atoms with E-state index in [4.69, 9.17) is 9.72 Å². The lowest BCUT2D eigenvalue weighted by Crippen LogP contribution is -2.30. The highest BCUT2D eigenvalue weighted by molar-refractivity contribution is 5.77. The molecule has 31 heavy (non-hydrogen) atoms. The SMILES string of the molecule is Cn1c(=O)n(C2CCOc3ccc(F)cc32)c2nc(-n3cnc4ccccc43)ncc21. The van der Waals surface area contributed by atoms with E-state index in [9.17, 15) is 9.18 Å². The van der Waals surface area contributed by atoms with Crippen molar-refractivity contribution in [2.75, 3.05) is 6.61 Å². The van der Waals surface area contributed by atoms with Crippen LogP contribution in [0.4, 0.5) is 4.39 Å². The summed E-state index contributed by atoms with van der Waals surface area (Å²) in [6.45, 7) is 0.427. The molecule has 0 saturated heterocycles. The number of rotatable bonds is 2. The number of ether oxygens (including phenoxy) is 1. The summed E-state index contributed by atoms with van der Waals surface area (Å²) in [6, 6.07) is 11.7.